The van der Waals surface area contributed by atoms with Gasteiger partial charge in [-0.05, 0) is 47.4 Å². The highest BCUT2D eigenvalue weighted by Gasteiger charge is 2.26. The second-order valence-corrected chi connectivity index (χ2v) is 7.88. The maximum Gasteiger partial charge on any atom is 0.240 e. The highest BCUT2D eigenvalue weighted by Crippen LogP contribution is 2.32. The summed E-state index contributed by atoms with van der Waals surface area (Å²) in [5, 5.41) is 2.90. The van der Waals surface area contributed by atoms with E-state index >= 15 is 0 Å². The Labute approximate surface area is 193 Å². The van der Waals surface area contributed by atoms with Gasteiger partial charge in [0.1, 0.15) is 12.3 Å². The largest absolute Gasteiger partial charge is 0.497 e. The van der Waals surface area contributed by atoms with Crippen molar-refractivity contribution in [3.05, 3.63) is 89.5 Å². The second kappa shape index (κ2) is 10.1. The molecule has 1 aliphatic rings. The van der Waals surface area contributed by atoms with Crippen molar-refractivity contribution in [2.75, 3.05) is 18.6 Å². The molecule has 1 heterocycles. The minimum absolute atomic E-state index is 0.0659. The Hall–Kier alpha value is -3.93. The van der Waals surface area contributed by atoms with Crippen molar-refractivity contribution in [2.24, 2.45) is 4.99 Å². The highest BCUT2D eigenvalue weighted by molar-refractivity contribution is 6.18. The van der Waals surface area contributed by atoms with Crippen LogP contribution in [0.1, 0.15) is 30.0 Å². The summed E-state index contributed by atoms with van der Waals surface area (Å²) in [5.74, 6) is 0.375. The SMILES string of the molecule is CCc1ccc(C2=Nc3ccccc3N(CC(=O)NCc3ccc(OC)cc3)C(=O)C2)cc1. The summed E-state index contributed by atoms with van der Waals surface area (Å²) in [6, 6.07) is 23.1. The van der Waals surface area contributed by atoms with Gasteiger partial charge >= 0.3 is 0 Å². The van der Waals surface area contributed by atoms with Crippen molar-refractivity contribution in [3.8, 4) is 5.75 Å². The van der Waals surface area contributed by atoms with Gasteiger partial charge in [-0.1, -0.05) is 55.5 Å². The summed E-state index contributed by atoms with van der Waals surface area (Å²) in [6.45, 7) is 2.41. The number of nitrogens with zero attached hydrogens (tertiary/aromatic N) is 2. The van der Waals surface area contributed by atoms with E-state index in [2.05, 4.69) is 24.4 Å². The van der Waals surface area contributed by atoms with Gasteiger partial charge in [0.05, 0.1) is 30.6 Å². The number of nitrogens with one attached hydrogen (secondary N) is 1. The molecule has 6 nitrogen and oxygen atoms in total. The normalized spacial score (nSPS) is 13.1. The molecule has 0 aromatic heterocycles. The molecular weight excluding hydrogens is 414 g/mol. The Morgan fingerprint density at radius 1 is 1.00 bits per heavy atom. The quantitative estimate of drug-likeness (QED) is 0.590. The minimum atomic E-state index is -0.232. The standard InChI is InChI=1S/C27H27N3O3/c1-3-19-8-12-21(13-9-19)24-16-27(32)30(25-7-5-4-6-23(25)29-24)18-26(31)28-17-20-10-14-22(33-2)15-11-20/h4-15H,3,16-18H2,1-2H3,(H,28,31). The van der Waals surface area contributed by atoms with Gasteiger partial charge in [-0.25, -0.2) is 0 Å². The number of anilines is 1. The van der Waals surface area contributed by atoms with E-state index in [-0.39, 0.29) is 24.8 Å². The van der Waals surface area contributed by atoms with E-state index in [1.54, 1.807) is 7.11 Å². The Morgan fingerprint density at radius 3 is 2.39 bits per heavy atom. The van der Waals surface area contributed by atoms with E-state index in [0.717, 1.165) is 23.3 Å². The van der Waals surface area contributed by atoms with Crippen molar-refractivity contribution in [1.29, 1.82) is 0 Å². The molecule has 1 aliphatic heterocycles. The third-order valence-corrected chi connectivity index (χ3v) is 5.69. The highest BCUT2D eigenvalue weighted by atomic mass is 16.5. The topological polar surface area (TPSA) is 71.0 Å². The van der Waals surface area contributed by atoms with Crippen LogP contribution in [0.15, 0.2) is 77.8 Å². The molecule has 0 radical (unpaired) electrons. The van der Waals surface area contributed by atoms with E-state index < -0.39 is 0 Å². The number of carbonyl (C=O) groups excluding carboxylic acids is 2. The van der Waals surface area contributed by atoms with Gasteiger partial charge < -0.3 is 15.0 Å². The van der Waals surface area contributed by atoms with Crippen LogP contribution in [0, 0.1) is 0 Å². The molecule has 0 fully saturated rings. The Morgan fingerprint density at radius 2 is 1.70 bits per heavy atom. The van der Waals surface area contributed by atoms with Crippen molar-refractivity contribution in [2.45, 2.75) is 26.3 Å². The predicted octanol–water partition coefficient (Wildman–Crippen LogP) is 4.43. The molecular formula is C27H27N3O3. The third-order valence-electron chi connectivity index (χ3n) is 5.69. The number of aliphatic imine (C=N–C) groups is 1. The number of para-hydroxylation sites is 2. The maximum atomic E-state index is 13.2. The summed E-state index contributed by atoms with van der Waals surface area (Å²) in [7, 11) is 1.61. The summed E-state index contributed by atoms with van der Waals surface area (Å²) < 4.78 is 5.16. The van der Waals surface area contributed by atoms with Crippen molar-refractivity contribution in [3.63, 3.8) is 0 Å². The molecule has 1 N–H and O–H groups in total. The number of fused-ring (bicyclic) bond motifs is 1. The number of aryl methyl sites for hydroxylation is 1. The zero-order valence-corrected chi connectivity index (χ0v) is 18.9. The second-order valence-electron chi connectivity index (χ2n) is 7.88. The molecule has 3 aromatic rings. The number of benzene rings is 3. The number of rotatable bonds is 7. The fourth-order valence-corrected chi connectivity index (χ4v) is 3.76. The van der Waals surface area contributed by atoms with Crippen LogP contribution in [0.2, 0.25) is 0 Å². The van der Waals surface area contributed by atoms with Crippen LogP contribution < -0.4 is 15.0 Å². The summed E-state index contributed by atoms with van der Waals surface area (Å²) in [6.07, 6.45) is 1.08. The maximum absolute atomic E-state index is 13.2. The van der Waals surface area contributed by atoms with E-state index in [0.29, 0.717) is 23.6 Å². The first-order chi connectivity index (χ1) is 16.1. The van der Waals surface area contributed by atoms with Crippen LogP contribution in [0.3, 0.4) is 0 Å². The molecule has 0 saturated heterocycles. The lowest BCUT2D eigenvalue weighted by atomic mass is 10.0. The number of amides is 2. The Balaban J connectivity index is 1.50. The molecule has 3 aromatic carbocycles. The van der Waals surface area contributed by atoms with Gasteiger partial charge in [0.2, 0.25) is 11.8 Å². The van der Waals surface area contributed by atoms with Crippen LogP contribution >= 0.6 is 0 Å². The van der Waals surface area contributed by atoms with E-state index in [9.17, 15) is 9.59 Å². The minimum Gasteiger partial charge on any atom is -0.497 e. The predicted molar refractivity (Wildman–Crippen MR) is 130 cm³/mol. The zero-order chi connectivity index (χ0) is 23.2. The van der Waals surface area contributed by atoms with Crippen LogP contribution in [0.4, 0.5) is 11.4 Å². The van der Waals surface area contributed by atoms with Gasteiger partial charge in [0, 0.05) is 6.54 Å². The van der Waals surface area contributed by atoms with Crippen LogP contribution in [0.25, 0.3) is 0 Å². The van der Waals surface area contributed by atoms with Crippen molar-refractivity contribution < 1.29 is 14.3 Å². The van der Waals surface area contributed by atoms with E-state index in [4.69, 9.17) is 9.73 Å². The molecule has 0 atom stereocenters. The summed E-state index contributed by atoms with van der Waals surface area (Å²) in [5.41, 5.74) is 5.13. The average Bonchev–Trinajstić information content (AvgIpc) is 2.99. The van der Waals surface area contributed by atoms with Crippen molar-refractivity contribution >= 4 is 28.9 Å². The number of ether oxygens (including phenoxy) is 1. The molecule has 6 heteroatoms. The first-order valence-electron chi connectivity index (χ1n) is 11.0. The molecule has 168 valence electrons. The Kier molecular flexibility index (Phi) is 6.83. The number of hydrogen-bond donors (Lipinski definition) is 1. The van der Waals surface area contributed by atoms with Crippen LogP contribution in [0.5, 0.6) is 5.75 Å². The molecule has 0 bridgehead atoms. The Bertz CT molecular complexity index is 1170. The van der Waals surface area contributed by atoms with E-state index in [1.165, 1.54) is 10.5 Å². The van der Waals surface area contributed by atoms with Crippen LogP contribution in [-0.2, 0) is 22.6 Å². The average molecular weight is 442 g/mol. The third kappa shape index (κ3) is 5.29. The number of carbonyl (C=O) groups is 2. The van der Waals surface area contributed by atoms with Crippen LogP contribution in [-0.4, -0.2) is 31.2 Å². The molecule has 0 aliphatic carbocycles. The van der Waals surface area contributed by atoms with Crippen molar-refractivity contribution in [1.82, 2.24) is 5.32 Å². The lowest BCUT2D eigenvalue weighted by Gasteiger charge is -2.22. The fraction of sp³-hybridized carbons (Fsp3) is 0.222. The van der Waals surface area contributed by atoms with Gasteiger partial charge in [-0.3, -0.25) is 14.6 Å². The van der Waals surface area contributed by atoms with Gasteiger partial charge in [0.15, 0.2) is 0 Å². The lowest BCUT2D eigenvalue weighted by Crippen LogP contribution is -2.41. The molecule has 33 heavy (non-hydrogen) atoms. The fourth-order valence-electron chi connectivity index (χ4n) is 3.76. The van der Waals surface area contributed by atoms with Gasteiger partial charge in [-0.15, -0.1) is 0 Å². The monoisotopic (exact) mass is 441 g/mol. The molecule has 0 saturated carbocycles. The van der Waals surface area contributed by atoms with Gasteiger partial charge in [-0.2, -0.15) is 0 Å². The first kappa shape index (κ1) is 22.3. The lowest BCUT2D eigenvalue weighted by molar-refractivity contribution is -0.123. The first-order valence-corrected chi connectivity index (χ1v) is 11.0. The smallest absolute Gasteiger partial charge is 0.240 e. The number of hydrogen-bond acceptors (Lipinski definition) is 4. The molecule has 0 unspecified atom stereocenters. The summed E-state index contributed by atoms with van der Waals surface area (Å²) >= 11 is 0. The van der Waals surface area contributed by atoms with Gasteiger partial charge in [0.25, 0.3) is 0 Å². The molecule has 2 amide bonds. The summed E-state index contributed by atoms with van der Waals surface area (Å²) in [4.78, 5) is 32.3. The molecule has 0 spiro atoms. The molecule has 4 rings (SSSR count). The number of methoxy groups -OCH3 is 1. The zero-order valence-electron chi connectivity index (χ0n) is 18.9. The van der Waals surface area contributed by atoms with E-state index in [1.807, 2.05) is 60.7 Å².